The number of phenols is 2. The monoisotopic (exact) mass is 732 g/mol. The molecule has 0 radical (unpaired) electrons. The summed E-state index contributed by atoms with van der Waals surface area (Å²) in [6, 6.07) is 21.3. The van der Waals surface area contributed by atoms with Crippen LogP contribution in [0.15, 0.2) is 72.8 Å². The number of carbonyl (C=O) groups excluding carboxylic acids is 2. The van der Waals surface area contributed by atoms with E-state index in [1.54, 1.807) is 77.0 Å². The second-order valence-corrected chi connectivity index (χ2v) is 12.1. The average molecular weight is 733 g/mol. The quantitative estimate of drug-likeness (QED) is 0.0904. The van der Waals surface area contributed by atoms with Crippen LogP contribution < -0.4 is 9.47 Å². The van der Waals surface area contributed by atoms with Crippen LogP contribution in [0.3, 0.4) is 0 Å². The van der Waals surface area contributed by atoms with Crippen LogP contribution in [0, 0.1) is 0 Å². The molecule has 0 saturated carbocycles. The lowest BCUT2D eigenvalue weighted by Gasteiger charge is -2.20. The van der Waals surface area contributed by atoms with E-state index in [-0.39, 0.29) is 76.7 Å². The molecule has 0 aliphatic carbocycles. The van der Waals surface area contributed by atoms with E-state index in [1.807, 2.05) is 24.3 Å². The fraction of sp³-hybridized carbons (Fsp3) is 0.366. The number of aromatic hydroxyl groups is 2. The zero-order valence-electron chi connectivity index (χ0n) is 30.7. The molecular weight excluding hydrogens is 684 g/mol. The predicted molar refractivity (Wildman–Crippen MR) is 196 cm³/mol. The zero-order chi connectivity index (χ0) is 38.0. The van der Waals surface area contributed by atoms with Gasteiger partial charge in [0.25, 0.3) is 0 Å². The van der Waals surface area contributed by atoms with Gasteiger partial charge in [0.2, 0.25) is 0 Å². The molecule has 4 aromatic rings. The Labute approximate surface area is 310 Å². The van der Waals surface area contributed by atoms with Crippen molar-refractivity contribution in [2.45, 2.75) is 45.7 Å². The van der Waals surface area contributed by atoms with Gasteiger partial charge in [-0.25, -0.2) is 4.79 Å². The van der Waals surface area contributed by atoms with E-state index >= 15 is 0 Å². The first kappa shape index (κ1) is 40.6. The highest BCUT2D eigenvalue weighted by Crippen LogP contribution is 2.37. The molecular formula is C41H48O12. The van der Waals surface area contributed by atoms with Crippen molar-refractivity contribution in [1.29, 1.82) is 0 Å². The van der Waals surface area contributed by atoms with Gasteiger partial charge in [-0.15, -0.1) is 0 Å². The maximum absolute atomic E-state index is 12.6. The third kappa shape index (κ3) is 12.8. The molecule has 0 spiro atoms. The Balaban J connectivity index is 1.48. The lowest BCUT2D eigenvalue weighted by molar-refractivity contribution is -0.146. The normalized spacial score (nSPS) is 10.9. The molecule has 0 aromatic heterocycles. The SMILES string of the molecule is COCc1cc(-c2cc(COC)c(OCC(=O)OCCc3ccc(O)cc3)c(COC)c2)cc(COC)c1OCCC(=O)OCCc1ccc(O)cc1. The molecule has 12 heteroatoms. The number of carbonyl (C=O) groups is 2. The van der Waals surface area contributed by atoms with Gasteiger partial charge in [-0.3, -0.25) is 4.79 Å². The summed E-state index contributed by atoms with van der Waals surface area (Å²) < 4.78 is 45.1. The highest BCUT2D eigenvalue weighted by atomic mass is 16.6. The minimum Gasteiger partial charge on any atom is -0.508 e. The molecule has 12 nitrogen and oxygen atoms in total. The Kier molecular flexibility index (Phi) is 16.4. The smallest absolute Gasteiger partial charge is 0.344 e. The van der Waals surface area contributed by atoms with Crippen LogP contribution in [-0.4, -0.2) is 77.0 Å². The number of hydrogen-bond acceptors (Lipinski definition) is 12. The number of benzene rings is 4. The Morgan fingerprint density at radius 3 is 1.28 bits per heavy atom. The van der Waals surface area contributed by atoms with Crippen molar-refractivity contribution in [3.8, 4) is 34.1 Å². The zero-order valence-corrected chi connectivity index (χ0v) is 30.7. The molecule has 4 rings (SSSR count). The summed E-state index contributed by atoms with van der Waals surface area (Å²) in [5.41, 5.74) is 6.50. The lowest BCUT2D eigenvalue weighted by Crippen LogP contribution is -2.18. The van der Waals surface area contributed by atoms with Crippen molar-refractivity contribution in [1.82, 2.24) is 0 Å². The van der Waals surface area contributed by atoms with Gasteiger partial charge in [0, 0.05) is 63.5 Å². The van der Waals surface area contributed by atoms with Crippen molar-refractivity contribution in [2.75, 3.05) is 54.9 Å². The molecule has 0 amide bonds. The first-order valence-electron chi connectivity index (χ1n) is 17.1. The summed E-state index contributed by atoms with van der Waals surface area (Å²) in [5.74, 6) is 0.480. The molecule has 0 heterocycles. The van der Waals surface area contributed by atoms with Crippen LogP contribution in [0.2, 0.25) is 0 Å². The average Bonchev–Trinajstić information content (AvgIpc) is 3.14. The maximum Gasteiger partial charge on any atom is 0.344 e. The molecule has 4 aromatic carbocycles. The highest BCUT2D eigenvalue weighted by molar-refractivity contribution is 5.73. The van der Waals surface area contributed by atoms with E-state index in [9.17, 15) is 19.8 Å². The number of rotatable bonds is 22. The van der Waals surface area contributed by atoms with Gasteiger partial charge in [0.15, 0.2) is 6.61 Å². The van der Waals surface area contributed by atoms with Crippen LogP contribution in [0.4, 0.5) is 0 Å². The molecule has 0 saturated heterocycles. The summed E-state index contributed by atoms with van der Waals surface area (Å²) in [5, 5.41) is 18.9. The fourth-order valence-electron chi connectivity index (χ4n) is 5.64. The van der Waals surface area contributed by atoms with Gasteiger partial charge < -0.3 is 48.1 Å². The van der Waals surface area contributed by atoms with Crippen molar-refractivity contribution < 1.29 is 57.7 Å². The molecule has 0 aliphatic rings. The fourth-order valence-corrected chi connectivity index (χ4v) is 5.64. The van der Waals surface area contributed by atoms with Gasteiger partial charge >= 0.3 is 11.9 Å². The van der Waals surface area contributed by atoms with E-state index in [2.05, 4.69) is 0 Å². The maximum atomic E-state index is 12.6. The van der Waals surface area contributed by atoms with Crippen molar-refractivity contribution in [3.63, 3.8) is 0 Å². The Morgan fingerprint density at radius 2 is 0.887 bits per heavy atom. The van der Waals surface area contributed by atoms with Crippen molar-refractivity contribution in [2.24, 2.45) is 0 Å². The Bertz CT molecular complexity index is 1700. The summed E-state index contributed by atoms with van der Waals surface area (Å²) in [6.45, 7) is 1.05. The van der Waals surface area contributed by atoms with Crippen molar-refractivity contribution >= 4 is 11.9 Å². The first-order valence-corrected chi connectivity index (χ1v) is 17.1. The molecule has 0 atom stereocenters. The summed E-state index contributed by atoms with van der Waals surface area (Å²) in [6.07, 6.45) is 1.08. The molecule has 0 fully saturated rings. The largest absolute Gasteiger partial charge is 0.508 e. The Morgan fingerprint density at radius 1 is 0.509 bits per heavy atom. The second kappa shape index (κ2) is 21.4. The summed E-state index contributed by atoms with van der Waals surface area (Å²) in [4.78, 5) is 25.1. The molecule has 53 heavy (non-hydrogen) atoms. The van der Waals surface area contributed by atoms with Crippen LogP contribution in [0.1, 0.15) is 39.8 Å². The summed E-state index contributed by atoms with van der Waals surface area (Å²) in [7, 11) is 6.34. The number of phenolic OH excluding ortho intramolecular Hbond substituents is 2. The Hall–Kier alpha value is -5.14. The van der Waals surface area contributed by atoms with Gasteiger partial charge in [0.05, 0.1) is 52.7 Å². The minimum atomic E-state index is -0.522. The number of hydrogen-bond donors (Lipinski definition) is 2. The molecule has 284 valence electrons. The van der Waals surface area contributed by atoms with Crippen molar-refractivity contribution in [3.05, 3.63) is 106 Å². The van der Waals surface area contributed by atoms with Gasteiger partial charge in [-0.05, 0) is 70.8 Å². The van der Waals surface area contributed by atoms with Crippen LogP contribution >= 0.6 is 0 Å². The standard InChI is InChI=1S/C41H48O12/c1-46-23-32-19-30(20-33(24-47-2)40(32)52-18-15-38(44)50-16-13-28-5-9-36(42)10-6-28)31-21-34(25-48-3)41(35(22-31)26-49-4)53-27-39(45)51-17-14-29-7-11-37(43)12-8-29/h5-12,19-22,42-43H,13-18,23-27H2,1-4H3. The number of ether oxygens (including phenoxy) is 8. The number of methoxy groups -OCH3 is 4. The minimum absolute atomic E-state index is 0.0460. The third-order valence-corrected chi connectivity index (χ3v) is 8.09. The molecule has 0 aliphatic heterocycles. The molecule has 0 bridgehead atoms. The highest BCUT2D eigenvalue weighted by Gasteiger charge is 2.19. The van der Waals surface area contributed by atoms with Gasteiger partial charge in [-0.1, -0.05) is 24.3 Å². The lowest BCUT2D eigenvalue weighted by atomic mass is 9.95. The predicted octanol–water partition coefficient (Wildman–Crippen LogP) is 6.07. The first-order chi connectivity index (χ1) is 25.7. The topological polar surface area (TPSA) is 148 Å². The van der Waals surface area contributed by atoms with Gasteiger partial charge in [-0.2, -0.15) is 0 Å². The van der Waals surface area contributed by atoms with E-state index in [0.29, 0.717) is 35.5 Å². The van der Waals surface area contributed by atoms with E-state index in [4.69, 9.17) is 37.9 Å². The molecule has 2 N–H and O–H groups in total. The van der Waals surface area contributed by atoms with E-state index in [0.717, 1.165) is 33.4 Å². The number of esters is 2. The van der Waals surface area contributed by atoms with Crippen LogP contribution in [0.5, 0.6) is 23.0 Å². The molecule has 0 unspecified atom stereocenters. The third-order valence-electron chi connectivity index (χ3n) is 8.09. The van der Waals surface area contributed by atoms with Crippen LogP contribution in [-0.2, 0) is 77.3 Å². The second-order valence-electron chi connectivity index (χ2n) is 12.1. The van der Waals surface area contributed by atoms with Gasteiger partial charge in [0.1, 0.15) is 23.0 Å². The van der Waals surface area contributed by atoms with E-state index < -0.39 is 5.97 Å². The van der Waals surface area contributed by atoms with E-state index in [1.165, 1.54) is 0 Å². The summed E-state index contributed by atoms with van der Waals surface area (Å²) >= 11 is 0. The van der Waals surface area contributed by atoms with Crippen LogP contribution in [0.25, 0.3) is 11.1 Å².